The van der Waals surface area contributed by atoms with E-state index in [0.29, 0.717) is 11.4 Å². The second-order valence-corrected chi connectivity index (χ2v) is 8.41. The third-order valence-corrected chi connectivity index (χ3v) is 5.75. The molecule has 25 heavy (non-hydrogen) atoms. The summed E-state index contributed by atoms with van der Waals surface area (Å²) in [5, 5.41) is -0.595. The molecule has 2 aromatic rings. The quantitative estimate of drug-likeness (QED) is 0.679. The maximum absolute atomic E-state index is 12.2. The summed E-state index contributed by atoms with van der Waals surface area (Å²) in [7, 11) is -0.806. The Kier molecular flexibility index (Phi) is 4.43. The van der Waals surface area contributed by atoms with E-state index in [0.717, 1.165) is 13.2 Å². The molecule has 0 saturated heterocycles. The maximum atomic E-state index is 12.2. The lowest BCUT2D eigenvalue weighted by atomic mass is 10.2. The van der Waals surface area contributed by atoms with Gasteiger partial charge in [-0.05, 0) is 12.1 Å². The first-order chi connectivity index (χ1) is 11.7. The normalized spacial score (nSPS) is 15.9. The number of carbonyl (C=O) groups excluding carboxylic acids is 2. The Bertz CT molecular complexity index is 902. The molecule has 0 spiro atoms. The average molecular weight is 386 g/mol. The highest BCUT2D eigenvalue weighted by atomic mass is 35.5. The number of hydrogen-bond donors (Lipinski definition) is 0. The number of alkyl halides is 1. The Balaban J connectivity index is 1.67. The van der Waals surface area contributed by atoms with Gasteiger partial charge < -0.3 is 0 Å². The van der Waals surface area contributed by atoms with Gasteiger partial charge in [0.2, 0.25) is 0 Å². The van der Waals surface area contributed by atoms with Crippen LogP contribution in [-0.4, -0.2) is 69.1 Å². The Morgan fingerprint density at radius 3 is 2.68 bits per heavy atom. The van der Waals surface area contributed by atoms with Crippen LogP contribution in [0.15, 0.2) is 30.9 Å². The van der Waals surface area contributed by atoms with Gasteiger partial charge in [-0.3, -0.25) is 14.3 Å². The van der Waals surface area contributed by atoms with E-state index < -0.39 is 27.5 Å². The molecule has 0 saturated carbocycles. The second kappa shape index (κ2) is 6.28. The number of halogens is 1. The third-order valence-electron chi connectivity index (χ3n) is 3.80. The minimum atomic E-state index is -3.64. The molecule has 3 heterocycles. The van der Waals surface area contributed by atoms with E-state index in [1.165, 1.54) is 37.4 Å². The van der Waals surface area contributed by atoms with Crippen molar-refractivity contribution in [3.63, 3.8) is 0 Å². The summed E-state index contributed by atoms with van der Waals surface area (Å²) in [6, 6.07) is 2.74. The Morgan fingerprint density at radius 1 is 1.32 bits per heavy atom. The minimum absolute atomic E-state index is 0.00813. The monoisotopic (exact) mass is 385 g/mol. The van der Waals surface area contributed by atoms with Crippen molar-refractivity contribution in [1.29, 1.82) is 0 Å². The largest absolute Gasteiger partial charge is 0.335 e. The first kappa shape index (κ1) is 17.6. The molecule has 1 aliphatic rings. The van der Waals surface area contributed by atoms with Gasteiger partial charge >= 0.3 is 16.2 Å². The van der Waals surface area contributed by atoms with E-state index in [1.807, 2.05) is 0 Å². The number of imide groups is 1. The highest BCUT2D eigenvalue weighted by Gasteiger charge is 2.36. The van der Waals surface area contributed by atoms with Crippen LogP contribution in [0.2, 0.25) is 0 Å². The topological polar surface area (TPSA) is 97.5 Å². The summed E-state index contributed by atoms with van der Waals surface area (Å²) in [6.07, 6.45) is 4.28. The van der Waals surface area contributed by atoms with E-state index in [4.69, 9.17) is 11.6 Å². The van der Waals surface area contributed by atoms with Crippen molar-refractivity contribution in [2.75, 3.05) is 20.6 Å². The van der Waals surface area contributed by atoms with Crippen molar-refractivity contribution in [1.82, 2.24) is 22.7 Å². The van der Waals surface area contributed by atoms with Crippen LogP contribution >= 0.6 is 11.6 Å². The van der Waals surface area contributed by atoms with Crippen LogP contribution in [0.3, 0.4) is 0 Å². The van der Waals surface area contributed by atoms with Crippen LogP contribution < -0.4 is 0 Å². The van der Waals surface area contributed by atoms with Crippen LogP contribution in [0.1, 0.15) is 16.2 Å². The maximum Gasteiger partial charge on any atom is 0.335 e. The summed E-state index contributed by atoms with van der Waals surface area (Å²) >= 11 is 6.26. The molecule has 9 nitrogen and oxygen atoms in total. The van der Waals surface area contributed by atoms with Crippen molar-refractivity contribution in [2.24, 2.45) is 0 Å². The van der Waals surface area contributed by atoms with Gasteiger partial charge in [-0.1, -0.05) is 0 Å². The zero-order valence-electron chi connectivity index (χ0n) is 13.5. The van der Waals surface area contributed by atoms with Gasteiger partial charge in [0.15, 0.2) is 0 Å². The van der Waals surface area contributed by atoms with Gasteiger partial charge in [0.05, 0.1) is 11.1 Å². The van der Waals surface area contributed by atoms with Gasteiger partial charge in [-0.15, -0.1) is 11.6 Å². The molecule has 0 unspecified atom stereocenters. The number of aromatic nitrogens is 3. The second-order valence-electron chi connectivity index (χ2n) is 5.75. The predicted octanol–water partition coefficient (Wildman–Crippen LogP) is 0.613. The van der Waals surface area contributed by atoms with E-state index in [-0.39, 0.29) is 13.0 Å². The standard InChI is InChI=1S/C14H16ClN5O4S/c1-17(2)25(23,24)18-8-11(16-9-18)6-10(15)7-20-13(21)12-4-3-5-19(12)14(20)22/h3-5,8-10H,6-7H2,1-2H3/t10-/m1/s1. The average Bonchev–Trinajstić information content (AvgIpc) is 3.23. The van der Waals surface area contributed by atoms with E-state index in [9.17, 15) is 18.0 Å². The number of imidazole rings is 1. The van der Waals surface area contributed by atoms with Crippen LogP contribution in [0.25, 0.3) is 0 Å². The summed E-state index contributed by atoms with van der Waals surface area (Å²) in [5.41, 5.74) is 0.749. The van der Waals surface area contributed by atoms with Crippen LogP contribution in [0, 0.1) is 0 Å². The first-order valence-electron chi connectivity index (χ1n) is 7.35. The lowest BCUT2D eigenvalue weighted by Crippen LogP contribution is -2.36. The fraction of sp³-hybridized carbons (Fsp3) is 0.357. The molecule has 2 aromatic heterocycles. The van der Waals surface area contributed by atoms with E-state index in [1.54, 1.807) is 12.1 Å². The summed E-state index contributed by atoms with van der Waals surface area (Å²) in [5.74, 6) is -0.402. The molecular weight excluding hydrogens is 370 g/mol. The number of nitrogens with zero attached hydrogens (tertiary/aromatic N) is 5. The molecule has 2 amide bonds. The molecule has 0 fully saturated rings. The number of carbonyl (C=O) groups is 2. The Labute approximate surface area is 149 Å². The fourth-order valence-corrected chi connectivity index (χ4v) is 3.59. The van der Waals surface area contributed by atoms with Gasteiger partial charge in [0, 0.05) is 39.5 Å². The molecule has 3 rings (SSSR count). The molecule has 0 aromatic carbocycles. The van der Waals surface area contributed by atoms with Crippen molar-refractivity contribution >= 4 is 33.7 Å². The predicted molar refractivity (Wildman–Crippen MR) is 89.8 cm³/mol. The van der Waals surface area contributed by atoms with Crippen LogP contribution in [0.5, 0.6) is 0 Å². The number of fused-ring (bicyclic) bond motifs is 1. The fourth-order valence-electron chi connectivity index (χ4n) is 2.49. The third kappa shape index (κ3) is 3.08. The van der Waals surface area contributed by atoms with Crippen molar-refractivity contribution < 1.29 is 18.0 Å². The molecule has 0 bridgehead atoms. The van der Waals surface area contributed by atoms with Crippen LogP contribution in [0.4, 0.5) is 4.79 Å². The van der Waals surface area contributed by atoms with Crippen LogP contribution in [-0.2, 0) is 16.6 Å². The van der Waals surface area contributed by atoms with Crippen molar-refractivity contribution in [3.05, 3.63) is 42.2 Å². The molecule has 0 radical (unpaired) electrons. The lowest BCUT2D eigenvalue weighted by Gasteiger charge is -2.16. The number of rotatable bonds is 6. The first-order valence-corrected chi connectivity index (χ1v) is 9.18. The van der Waals surface area contributed by atoms with Gasteiger partial charge in [-0.2, -0.15) is 12.7 Å². The van der Waals surface area contributed by atoms with E-state index in [2.05, 4.69) is 4.98 Å². The zero-order chi connectivity index (χ0) is 18.4. The molecule has 1 atom stereocenters. The highest BCUT2D eigenvalue weighted by molar-refractivity contribution is 7.87. The Hall–Kier alpha value is -2.17. The molecule has 0 N–H and O–H groups in total. The van der Waals surface area contributed by atoms with Gasteiger partial charge in [0.1, 0.15) is 12.0 Å². The smallest absolute Gasteiger partial charge is 0.267 e. The summed E-state index contributed by atoms with van der Waals surface area (Å²) < 4.78 is 27.3. The zero-order valence-corrected chi connectivity index (χ0v) is 15.1. The number of hydrogen-bond acceptors (Lipinski definition) is 5. The Morgan fingerprint density at radius 2 is 2.04 bits per heavy atom. The SMILES string of the molecule is CN(C)S(=O)(=O)n1cnc(C[C@@H](Cl)CN2C(=O)c3cccn3C2=O)c1. The molecule has 0 aliphatic carbocycles. The molecule has 1 aliphatic heterocycles. The van der Waals surface area contributed by atoms with Crippen molar-refractivity contribution in [3.8, 4) is 0 Å². The molecular formula is C14H16ClN5O4S. The minimum Gasteiger partial charge on any atom is -0.267 e. The van der Waals surface area contributed by atoms with Gasteiger partial charge in [0.25, 0.3) is 5.91 Å². The highest BCUT2D eigenvalue weighted by Crippen LogP contribution is 2.19. The lowest BCUT2D eigenvalue weighted by molar-refractivity contribution is 0.0832. The van der Waals surface area contributed by atoms with Crippen molar-refractivity contribution in [2.45, 2.75) is 11.8 Å². The summed E-state index contributed by atoms with van der Waals surface area (Å²) in [4.78, 5) is 29.5. The molecule has 11 heteroatoms. The number of amides is 2. The molecule has 134 valence electrons. The van der Waals surface area contributed by atoms with Gasteiger partial charge in [-0.25, -0.2) is 13.8 Å². The summed E-state index contributed by atoms with van der Waals surface area (Å²) in [6.45, 7) is 0.00813. The van der Waals surface area contributed by atoms with E-state index >= 15 is 0 Å².